The van der Waals surface area contributed by atoms with Crippen molar-refractivity contribution in [3.05, 3.63) is 68.7 Å². The van der Waals surface area contributed by atoms with Crippen LogP contribution in [-0.4, -0.2) is 123 Å². The van der Waals surface area contributed by atoms with E-state index < -0.39 is 17.5 Å². The van der Waals surface area contributed by atoms with Crippen molar-refractivity contribution in [3.8, 4) is 0 Å². The third-order valence-corrected chi connectivity index (χ3v) is 7.68. The van der Waals surface area contributed by atoms with Crippen molar-refractivity contribution in [1.82, 2.24) is 20.0 Å². The van der Waals surface area contributed by atoms with Gasteiger partial charge in [-0.05, 0) is 77.4 Å². The smallest absolute Gasteiger partial charge is 0.410 e. The van der Waals surface area contributed by atoms with Crippen LogP contribution in [0.3, 0.4) is 0 Å². The van der Waals surface area contributed by atoms with Gasteiger partial charge in [-0.15, -0.1) is 0 Å². The van der Waals surface area contributed by atoms with E-state index in [4.69, 9.17) is 37.4 Å². The molecular formula is C36H50Cl2N4O9. The van der Waals surface area contributed by atoms with Crippen LogP contribution < -0.4 is 5.32 Å². The minimum atomic E-state index is -0.565. The number of piperazine rings is 2. The molecule has 51 heavy (non-hydrogen) atoms. The van der Waals surface area contributed by atoms with Gasteiger partial charge < -0.3 is 34.1 Å². The van der Waals surface area contributed by atoms with E-state index in [1.165, 1.54) is 32.4 Å². The minimum absolute atomic E-state index is 0.185. The molecule has 2 aliphatic rings. The average molecular weight is 754 g/mol. The number of carbonyl (C=O) groups is 5. The first-order chi connectivity index (χ1) is 23.9. The van der Waals surface area contributed by atoms with E-state index in [0.717, 1.165) is 31.7 Å². The summed E-state index contributed by atoms with van der Waals surface area (Å²) in [6.45, 7) is 17.6. The third kappa shape index (κ3) is 15.5. The van der Waals surface area contributed by atoms with Gasteiger partial charge in [-0.25, -0.2) is 19.2 Å². The Hall–Kier alpha value is -3.91. The van der Waals surface area contributed by atoms with Gasteiger partial charge in [-0.2, -0.15) is 0 Å². The molecule has 2 fully saturated rings. The van der Waals surface area contributed by atoms with Gasteiger partial charge in [0.15, 0.2) is 6.29 Å². The van der Waals surface area contributed by atoms with E-state index >= 15 is 0 Å². The highest BCUT2D eigenvalue weighted by Gasteiger charge is 2.27. The fraction of sp³-hybridized carbons (Fsp3) is 0.528. The molecule has 282 valence electrons. The van der Waals surface area contributed by atoms with Gasteiger partial charge >= 0.3 is 24.1 Å². The number of rotatable bonds is 5. The molecule has 0 aliphatic carbocycles. The molecule has 13 nitrogen and oxygen atoms in total. The number of methoxy groups -OCH3 is 2. The van der Waals surface area contributed by atoms with Gasteiger partial charge in [0.1, 0.15) is 11.2 Å². The van der Waals surface area contributed by atoms with Gasteiger partial charge in [0.25, 0.3) is 0 Å². The molecule has 1 N–H and O–H groups in total. The number of aldehydes is 1. The average Bonchev–Trinajstić information content (AvgIpc) is 3.08. The molecule has 0 radical (unpaired) electrons. The predicted octanol–water partition coefficient (Wildman–Crippen LogP) is 5.95. The Labute approximate surface area is 310 Å². The molecule has 2 saturated heterocycles. The lowest BCUT2D eigenvalue weighted by Gasteiger charge is -2.35. The fourth-order valence-electron chi connectivity index (χ4n) is 4.73. The van der Waals surface area contributed by atoms with E-state index in [0.29, 0.717) is 54.6 Å². The quantitative estimate of drug-likeness (QED) is 0.220. The van der Waals surface area contributed by atoms with Crippen LogP contribution in [0.1, 0.15) is 78.2 Å². The van der Waals surface area contributed by atoms with Crippen molar-refractivity contribution < 1.29 is 42.9 Å². The number of ether oxygens (including phenoxy) is 4. The van der Waals surface area contributed by atoms with Crippen molar-refractivity contribution >= 4 is 53.6 Å². The number of hydrogen-bond acceptors (Lipinski definition) is 11. The maximum Gasteiger partial charge on any atom is 0.410 e. The number of nitrogens with one attached hydrogen (secondary N) is 1. The van der Waals surface area contributed by atoms with Crippen LogP contribution in [0.15, 0.2) is 36.4 Å². The normalized spacial score (nSPS) is 14.9. The predicted molar refractivity (Wildman–Crippen MR) is 195 cm³/mol. The SMILES string of the molecule is CC(C)(C)OC(=O)N1CCNCC1.COC(=O)c1cc(Cl)ccc1C=O.COC(=O)c1cc(Cl)ccc1CN1CCN(C(=O)OC(C)(C)C)CC1. The minimum Gasteiger partial charge on any atom is -0.465 e. The number of halogens is 2. The Morgan fingerprint density at radius 3 is 1.63 bits per heavy atom. The Morgan fingerprint density at radius 1 is 0.706 bits per heavy atom. The van der Waals surface area contributed by atoms with Crippen molar-refractivity contribution in [2.45, 2.75) is 59.3 Å². The number of hydrogen-bond donors (Lipinski definition) is 1. The Bertz CT molecular complexity index is 1490. The first-order valence-electron chi connectivity index (χ1n) is 16.5. The molecule has 0 aromatic heterocycles. The standard InChI is InChI=1S/C18H25ClN2O4.C9H7ClO3.C9H18N2O2/c1-18(2,3)25-17(23)21-9-7-20(8-10-21)12-13-5-6-14(19)11-15(13)16(22)24-4;1-13-9(12)8-4-7(10)3-2-6(8)5-11;1-9(2,3)13-8(12)11-6-4-10-5-7-11/h5-6,11H,7-10,12H2,1-4H3;2-5H,1H3;10H,4-7H2,1-3H3. The van der Waals surface area contributed by atoms with Crippen LogP contribution in [0.5, 0.6) is 0 Å². The van der Waals surface area contributed by atoms with Crippen LogP contribution in [0.2, 0.25) is 10.0 Å². The summed E-state index contributed by atoms with van der Waals surface area (Å²) >= 11 is 11.6. The Morgan fingerprint density at radius 2 is 1.16 bits per heavy atom. The summed E-state index contributed by atoms with van der Waals surface area (Å²) in [4.78, 5) is 62.8. The number of benzene rings is 2. The van der Waals surface area contributed by atoms with Crippen molar-refractivity contribution in [3.63, 3.8) is 0 Å². The Kier molecular flexibility index (Phi) is 17.1. The molecule has 2 heterocycles. The maximum atomic E-state index is 12.1. The summed E-state index contributed by atoms with van der Waals surface area (Å²) in [7, 11) is 2.60. The second-order valence-electron chi connectivity index (χ2n) is 13.6. The zero-order valence-electron chi connectivity index (χ0n) is 30.7. The van der Waals surface area contributed by atoms with Crippen LogP contribution in [0.25, 0.3) is 0 Å². The molecule has 0 saturated carbocycles. The number of carbonyl (C=O) groups excluding carboxylic acids is 5. The van der Waals surface area contributed by atoms with Crippen molar-refractivity contribution in [2.75, 3.05) is 66.6 Å². The van der Waals surface area contributed by atoms with Gasteiger partial charge in [0.2, 0.25) is 0 Å². The third-order valence-electron chi connectivity index (χ3n) is 7.21. The zero-order valence-corrected chi connectivity index (χ0v) is 32.2. The van der Waals surface area contributed by atoms with Gasteiger partial charge in [0, 0.05) is 74.5 Å². The summed E-state index contributed by atoms with van der Waals surface area (Å²) in [6.07, 6.45) is 0.102. The summed E-state index contributed by atoms with van der Waals surface area (Å²) < 4.78 is 19.9. The van der Waals surface area contributed by atoms with E-state index in [-0.39, 0.29) is 28.9 Å². The second kappa shape index (κ2) is 20.2. The van der Waals surface area contributed by atoms with Crippen molar-refractivity contribution in [1.29, 1.82) is 0 Å². The first-order valence-corrected chi connectivity index (χ1v) is 17.2. The molecule has 0 atom stereocenters. The van der Waals surface area contributed by atoms with E-state index in [1.807, 2.05) is 47.6 Å². The van der Waals surface area contributed by atoms with Gasteiger partial charge in [-0.1, -0.05) is 29.3 Å². The molecule has 2 aliphatic heterocycles. The Balaban J connectivity index is 0.000000292. The molecule has 0 spiro atoms. The lowest BCUT2D eigenvalue weighted by Crippen LogP contribution is -2.49. The van der Waals surface area contributed by atoms with E-state index in [2.05, 4.69) is 15.0 Å². The zero-order chi connectivity index (χ0) is 38.4. The first kappa shape index (κ1) is 43.3. The van der Waals surface area contributed by atoms with Gasteiger partial charge in [0.05, 0.1) is 25.3 Å². The summed E-state index contributed by atoms with van der Waals surface area (Å²) in [5, 5.41) is 4.08. The number of esters is 2. The molecule has 2 aromatic rings. The second-order valence-corrected chi connectivity index (χ2v) is 14.5. The van der Waals surface area contributed by atoms with E-state index in [9.17, 15) is 24.0 Å². The lowest BCUT2D eigenvalue weighted by molar-refractivity contribution is 0.0137. The maximum absolute atomic E-state index is 12.1. The monoisotopic (exact) mass is 752 g/mol. The van der Waals surface area contributed by atoms with Crippen LogP contribution in [-0.2, 0) is 25.5 Å². The van der Waals surface area contributed by atoms with Crippen LogP contribution in [0.4, 0.5) is 9.59 Å². The van der Waals surface area contributed by atoms with Crippen LogP contribution >= 0.6 is 23.2 Å². The molecule has 2 aromatic carbocycles. The largest absolute Gasteiger partial charge is 0.465 e. The highest BCUT2D eigenvalue weighted by atomic mass is 35.5. The molecular weight excluding hydrogens is 703 g/mol. The van der Waals surface area contributed by atoms with Crippen molar-refractivity contribution in [2.24, 2.45) is 0 Å². The molecule has 15 heteroatoms. The highest BCUT2D eigenvalue weighted by Crippen LogP contribution is 2.20. The van der Waals surface area contributed by atoms with Crippen LogP contribution in [0, 0.1) is 0 Å². The molecule has 0 bridgehead atoms. The van der Waals surface area contributed by atoms with E-state index in [1.54, 1.807) is 21.9 Å². The molecule has 2 amide bonds. The van der Waals surface area contributed by atoms with Gasteiger partial charge in [-0.3, -0.25) is 9.69 Å². The number of amides is 2. The molecule has 0 unspecified atom stereocenters. The molecule has 4 rings (SSSR count). The topological polar surface area (TPSA) is 144 Å². The highest BCUT2D eigenvalue weighted by molar-refractivity contribution is 6.31. The fourth-order valence-corrected chi connectivity index (χ4v) is 5.08. The summed E-state index contributed by atoms with van der Waals surface area (Å²) in [5.74, 6) is -0.963. The number of nitrogens with zero attached hydrogens (tertiary/aromatic N) is 3. The summed E-state index contributed by atoms with van der Waals surface area (Å²) in [5.41, 5.74) is 0.919. The summed E-state index contributed by atoms with van der Waals surface area (Å²) in [6, 6.07) is 9.64. The lowest BCUT2D eigenvalue weighted by atomic mass is 10.1.